The van der Waals surface area contributed by atoms with Gasteiger partial charge >= 0.3 is 6.09 Å². The number of benzene rings is 1. The number of ether oxygens (including phenoxy) is 1. The average molecular weight is 315 g/mol. The Kier molecular flexibility index (Phi) is 4.86. The van der Waals surface area contributed by atoms with Crippen LogP contribution in [0.25, 0.3) is 10.9 Å². The Morgan fingerprint density at radius 3 is 3.13 bits per heavy atom. The van der Waals surface area contributed by atoms with E-state index in [0.29, 0.717) is 13.2 Å². The molecule has 0 saturated heterocycles. The first kappa shape index (κ1) is 15.9. The monoisotopic (exact) mass is 315 g/mol. The molecule has 0 saturated carbocycles. The first-order chi connectivity index (χ1) is 11.2. The van der Waals surface area contributed by atoms with Crippen LogP contribution >= 0.6 is 0 Å². The molecule has 5 nitrogen and oxygen atoms in total. The summed E-state index contributed by atoms with van der Waals surface area (Å²) in [6.45, 7) is 8.07. The number of hydrogen-bond donors (Lipinski definition) is 2. The Labute approximate surface area is 137 Å². The molecule has 2 N–H and O–H groups in total. The van der Waals surface area contributed by atoms with Gasteiger partial charge in [0, 0.05) is 49.2 Å². The summed E-state index contributed by atoms with van der Waals surface area (Å²) in [7, 11) is 0. The lowest BCUT2D eigenvalue weighted by atomic mass is 10.0. The summed E-state index contributed by atoms with van der Waals surface area (Å²) in [6, 6.07) is 6.61. The lowest BCUT2D eigenvalue weighted by Crippen LogP contribution is -2.33. The minimum absolute atomic E-state index is 0.319. The van der Waals surface area contributed by atoms with E-state index in [1.54, 1.807) is 0 Å². The molecule has 0 unspecified atom stereocenters. The lowest BCUT2D eigenvalue weighted by molar-refractivity contribution is 0.151. The van der Waals surface area contributed by atoms with Gasteiger partial charge in [-0.05, 0) is 38.0 Å². The number of nitrogens with zero attached hydrogens (tertiary/aromatic N) is 1. The molecule has 5 heteroatoms. The molecule has 0 aliphatic carbocycles. The number of amides is 1. The highest BCUT2D eigenvalue weighted by Gasteiger charge is 2.20. The number of carbonyl (C=O) groups is 1. The summed E-state index contributed by atoms with van der Waals surface area (Å²) in [5, 5.41) is 4.14. The molecular formula is C18H25N3O2. The Morgan fingerprint density at radius 1 is 1.43 bits per heavy atom. The molecule has 3 rings (SSSR count). The van der Waals surface area contributed by atoms with Crippen molar-refractivity contribution in [3.63, 3.8) is 0 Å². The number of alkyl carbamates (subject to hydrolysis) is 1. The molecule has 0 spiro atoms. The van der Waals surface area contributed by atoms with Gasteiger partial charge in [0.2, 0.25) is 0 Å². The quantitative estimate of drug-likeness (QED) is 0.834. The average Bonchev–Trinajstić information content (AvgIpc) is 2.89. The molecule has 2 aromatic rings. The van der Waals surface area contributed by atoms with Crippen LogP contribution in [0.1, 0.15) is 30.2 Å². The Bertz CT molecular complexity index is 693. The molecule has 1 aromatic carbocycles. The molecular weight excluding hydrogens is 290 g/mol. The molecule has 23 heavy (non-hydrogen) atoms. The van der Waals surface area contributed by atoms with E-state index in [0.717, 1.165) is 32.5 Å². The summed E-state index contributed by atoms with van der Waals surface area (Å²) >= 11 is 0. The molecule has 1 aliphatic rings. The van der Waals surface area contributed by atoms with Crippen molar-refractivity contribution in [1.82, 2.24) is 15.2 Å². The van der Waals surface area contributed by atoms with Gasteiger partial charge in [-0.3, -0.25) is 4.90 Å². The molecule has 2 heterocycles. The topological polar surface area (TPSA) is 57.4 Å². The van der Waals surface area contributed by atoms with E-state index in [9.17, 15) is 4.79 Å². The van der Waals surface area contributed by atoms with Gasteiger partial charge in [-0.25, -0.2) is 4.79 Å². The van der Waals surface area contributed by atoms with Crippen LogP contribution in [-0.4, -0.2) is 42.2 Å². The van der Waals surface area contributed by atoms with Crippen LogP contribution in [-0.2, 0) is 17.7 Å². The standard InChI is InChI=1S/C18H25N3O2/c1-3-23-18(22)19-8-4-9-21-10-7-17-15(12-21)14-11-13(2)5-6-16(14)20-17/h5-6,11,20H,3-4,7-10,12H2,1-2H3,(H,19,22). The van der Waals surface area contributed by atoms with Crippen molar-refractivity contribution in [2.24, 2.45) is 0 Å². The predicted octanol–water partition coefficient (Wildman–Crippen LogP) is 2.97. The maximum atomic E-state index is 11.3. The lowest BCUT2D eigenvalue weighted by Gasteiger charge is -2.27. The Balaban J connectivity index is 1.56. The van der Waals surface area contributed by atoms with E-state index >= 15 is 0 Å². The number of rotatable bonds is 5. The second-order valence-electron chi connectivity index (χ2n) is 6.16. The Hall–Kier alpha value is -2.01. The largest absolute Gasteiger partial charge is 0.450 e. The Morgan fingerprint density at radius 2 is 2.30 bits per heavy atom. The number of aromatic nitrogens is 1. The smallest absolute Gasteiger partial charge is 0.407 e. The summed E-state index contributed by atoms with van der Waals surface area (Å²) in [6.07, 6.45) is 1.68. The van der Waals surface area contributed by atoms with Crippen molar-refractivity contribution in [2.75, 3.05) is 26.2 Å². The van der Waals surface area contributed by atoms with Crippen molar-refractivity contribution >= 4 is 17.0 Å². The molecule has 0 bridgehead atoms. The van der Waals surface area contributed by atoms with Crippen molar-refractivity contribution in [3.05, 3.63) is 35.0 Å². The third-order valence-electron chi connectivity index (χ3n) is 4.41. The molecule has 1 aromatic heterocycles. The van der Waals surface area contributed by atoms with Crippen molar-refractivity contribution in [1.29, 1.82) is 0 Å². The molecule has 0 atom stereocenters. The maximum absolute atomic E-state index is 11.3. The van der Waals surface area contributed by atoms with Crippen LogP contribution in [0.4, 0.5) is 4.79 Å². The normalized spacial score (nSPS) is 14.7. The summed E-state index contributed by atoms with van der Waals surface area (Å²) < 4.78 is 4.86. The third-order valence-corrected chi connectivity index (χ3v) is 4.41. The predicted molar refractivity (Wildman–Crippen MR) is 91.7 cm³/mol. The van der Waals surface area contributed by atoms with Crippen LogP contribution < -0.4 is 5.32 Å². The van der Waals surface area contributed by atoms with E-state index in [-0.39, 0.29) is 6.09 Å². The van der Waals surface area contributed by atoms with Crippen LogP contribution in [0.3, 0.4) is 0 Å². The van der Waals surface area contributed by atoms with Crippen LogP contribution in [0, 0.1) is 6.92 Å². The van der Waals surface area contributed by atoms with Crippen molar-refractivity contribution < 1.29 is 9.53 Å². The van der Waals surface area contributed by atoms with E-state index in [4.69, 9.17) is 4.74 Å². The summed E-state index contributed by atoms with van der Waals surface area (Å²) in [5.74, 6) is 0. The van der Waals surface area contributed by atoms with E-state index in [2.05, 4.69) is 40.3 Å². The zero-order chi connectivity index (χ0) is 16.2. The molecule has 0 fully saturated rings. The zero-order valence-electron chi connectivity index (χ0n) is 13.9. The first-order valence-corrected chi connectivity index (χ1v) is 8.40. The van der Waals surface area contributed by atoms with Gasteiger partial charge in [0.1, 0.15) is 0 Å². The zero-order valence-corrected chi connectivity index (χ0v) is 13.9. The highest BCUT2D eigenvalue weighted by molar-refractivity contribution is 5.85. The first-order valence-electron chi connectivity index (χ1n) is 8.40. The van der Waals surface area contributed by atoms with Gasteiger partial charge in [0.05, 0.1) is 6.61 Å². The second-order valence-corrected chi connectivity index (χ2v) is 6.16. The minimum atomic E-state index is -0.319. The third kappa shape index (κ3) is 3.67. The number of hydrogen-bond acceptors (Lipinski definition) is 3. The highest BCUT2D eigenvalue weighted by Crippen LogP contribution is 2.28. The fourth-order valence-electron chi connectivity index (χ4n) is 3.25. The number of aromatic amines is 1. The number of H-pyrrole nitrogens is 1. The molecule has 1 aliphatic heterocycles. The maximum Gasteiger partial charge on any atom is 0.407 e. The van der Waals surface area contributed by atoms with Gasteiger partial charge in [-0.2, -0.15) is 0 Å². The van der Waals surface area contributed by atoms with Gasteiger partial charge in [-0.1, -0.05) is 11.6 Å². The van der Waals surface area contributed by atoms with Crippen molar-refractivity contribution in [2.45, 2.75) is 33.2 Å². The summed E-state index contributed by atoms with van der Waals surface area (Å²) in [5.41, 5.74) is 5.36. The minimum Gasteiger partial charge on any atom is -0.450 e. The highest BCUT2D eigenvalue weighted by atomic mass is 16.5. The number of fused-ring (bicyclic) bond motifs is 3. The van der Waals surface area contributed by atoms with E-state index in [1.807, 2.05) is 6.92 Å². The number of aryl methyl sites for hydroxylation is 1. The second kappa shape index (κ2) is 7.04. The molecule has 124 valence electrons. The van der Waals surface area contributed by atoms with Gasteiger partial charge in [-0.15, -0.1) is 0 Å². The SMILES string of the molecule is CCOC(=O)NCCCN1CCc2[nH]c3ccc(C)cc3c2C1. The molecule has 1 amide bonds. The number of nitrogens with one attached hydrogen (secondary N) is 2. The van der Waals surface area contributed by atoms with Gasteiger partial charge in [0.15, 0.2) is 0 Å². The fourth-order valence-corrected chi connectivity index (χ4v) is 3.25. The number of carbonyl (C=O) groups excluding carboxylic acids is 1. The van der Waals surface area contributed by atoms with Crippen LogP contribution in [0.5, 0.6) is 0 Å². The van der Waals surface area contributed by atoms with Crippen molar-refractivity contribution in [3.8, 4) is 0 Å². The van der Waals surface area contributed by atoms with Gasteiger partial charge in [0.25, 0.3) is 0 Å². The van der Waals surface area contributed by atoms with Gasteiger partial charge < -0.3 is 15.0 Å². The van der Waals surface area contributed by atoms with Crippen LogP contribution in [0.15, 0.2) is 18.2 Å². The molecule has 0 radical (unpaired) electrons. The van der Waals surface area contributed by atoms with E-state index < -0.39 is 0 Å². The summed E-state index contributed by atoms with van der Waals surface area (Å²) in [4.78, 5) is 17.3. The van der Waals surface area contributed by atoms with E-state index in [1.165, 1.54) is 27.7 Å². The fraction of sp³-hybridized carbons (Fsp3) is 0.500. The van der Waals surface area contributed by atoms with Crippen LogP contribution in [0.2, 0.25) is 0 Å².